The molecular formula is C14H17N3O3S. The molecule has 3 N–H and O–H groups in total. The molecular weight excluding hydrogens is 290 g/mol. The Balaban J connectivity index is 2.15. The van der Waals surface area contributed by atoms with Gasteiger partial charge in [0.1, 0.15) is 18.2 Å². The van der Waals surface area contributed by atoms with Gasteiger partial charge in [-0.25, -0.2) is 13.4 Å². The fourth-order valence-electron chi connectivity index (χ4n) is 1.69. The first-order valence-corrected chi connectivity index (χ1v) is 7.89. The predicted molar refractivity (Wildman–Crippen MR) is 80.8 cm³/mol. The Morgan fingerprint density at radius 2 is 1.90 bits per heavy atom. The van der Waals surface area contributed by atoms with E-state index < -0.39 is 10.0 Å². The van der Waals surface area contributed by atoms with Crippen molar-refractivity contribution in [2.75, 3.05) is 17.9 Å². The third kappa shape index (κ3) is 4.17. The smallest absolute Gasteiger partial charge is 0.263 e. The minimum Gasteiger partial charge on any atom is -0.492 e. The van der Waals surface area contributed by atoms with E-state index in [0.29, 0.717) is 24.7 Å². The number of nitrogens with two attached hydrogens (primary N) is 1. The van der Waals surface area contributed by atoms with Gasteiger partial charge in [-0.05, 0) is 43.3 Å². The van der Waals surface area contributed by atoms with Crippen molar-refractivity contribution >= 4 is 15.8 Å². The summed E-state index contributed by atoms with van der Waals surface area (Å²) < 4.78 is 32.2. The van der Waals surface area contributed by atoms with E-state index >= 15 is 0 Å². The molecule has 0 atom stereocenters. The molecule has 7 heteroatoms. The van der Waals surface area contributed by atoms with Crippen LogP contribution in [0.1, 0.15) is 5.69 Å². The Hall–Kier alpha value is -2.12. The first-order valence-electron chi connectivity index (χ1n) is 6.41. The second kappa shape index (κ2) is 6.55. The summed E-state index contributed by atoms with van der Waals surface area (Å²) in [5, 5.41) is 0. The van der Waals surface area contributed by atoms with Gasteiger partial charge in [-0.3, -0.25) is 4.72 Å². The van der Waals surface area contributed by atoms with Gasteiger partial charge in [0.05, 0.1) is 4.90 Å². The van der Waals surface area contributed by atoms with Crippen molar-refractivity contribution in [1.29, 1.82) is 0 Å². The molecule has 1 aromatic heterocycles. The number of nitrogens with zero attached hydrogens (tertiary/aromatic N) is 1. The number of ether oxygens (including phenoxy) is 1. The summed E-state index contributed by atoms with van der Waals surface area (Å²) >= 11 is 0. The third-order valence-electron chi connectivity index (χ3n) is 2.65. The maximum absolute atomic E-state index is 12.2. The highest BCUT2D eigenvalue weighted by Crippen LogP contribution is 2.18. The van der Waals surface area contributed by atoms with E-state index in [4.69, 9.17) is 10.5 Å². The summed E-state index contributed by atoms with van der Waals surface area (Å²) in [6.07, 6.45) is 0. The summed E-state index contributed by atoms with van der Waals surface area (Å²) in [7, 11) is -3.66. The Bertz CT molecular complexity index is 700. The van der Waals surface area contributed by atoms with Crippen LogP contribution in [-0.4, -0.2) is 26.6 Å². The number of aromatic nitrogens is 1. The second-order valence-electron chi connectivity index (χ2n) is 4.38. The molecule has 21 heavy (non-hydrogen) atoms. The summed E-state index contributed by atoms with van der Waals surface area (Å²) in [6.45, 7) is 2.58. The van der Waals surface area contributed by atoms with Crippen LogP contribution in [0.25, 0.3) is 0 Å². The first kappa shape index (κ1) is 15.3. The summed E-state index contributed by atoms with van der Waals surface area (Å²) in [4.78, 5) is 4.26. The van der Waals surface area contributed by atoms with Gasteiger partial charge >= 0.3 is 0 Å². The van der Waals surface area contributed by atoms with Gasteiger partial charge in [0, 0.05) is 12.2 Å². The number of pyridine rings is 1. The largest absolute Gasteiger partial charge is 0.492 e. The zero-order valence-corrected chi connectivity index (χ0v) is 12.4. The van der Waals surface area contributed by atoms with Crippen LogP contribution in [0.5, 0.6) is 5.75 Å². The number of aryl methyl sites for hydroxylation is 1. The number of anilines is 1. The predicted octanol–water partition coefficient (Wildman–Crippen LogP) is 1.53. The van der Waals surface area contributed by atoms with E-state index in [2.05, 4.69) is 9.71 Å². The van der Waals surface area contributed by atoms with E-state index in [1.165, 1.54) is 12.1 Å². The zero-order chi connectivity index (χ0) is 15.3. The SMILES string of the molecule is Cc1cccc(NS(=O)(=O)c2ccc(OCCN)cc2)n1. The van der Waals surface area contributed by atoms with Gasteiger partial charge in [-0.1, -0.05) is 6.07 Å². The van der Waals surface area contributed by atoms with Crippen molar-refractivity contribution in [3.05, 3.63) is 48.2 Å². The minimum absolute atomic E-state index is 0.144. The summed E-state index contributed by atoms with van der Waals surface area (Å²) in [5.74, 6) is 0.867. The Labute approximate surface area is 124 Å². The van der Waals surface area contributed by atoms with Crippen molar-refractivity contribution < 1.29 is 13.2 Å². The molecule has 0 aliphatic carbocycles. The Kier molecular flexibility index (Phi) is 4.77. The second-order valence-corrected chi connectivity index (χ2v) is 6.06. The van der Waals surface area contributed by atoms with Gasteiger partial charge in [-0.15, -0.1) is 0 Å². The van der Waals surface area contributed by atoms with Gasteiger partial charge in [0.15, 0.2) is 0 Å². The zero-order valence-electron chi connectivity index (χ0n) is 11.6. The van der Waals surface area contributed by atoms with Gasteiger partial charge in [-0.2, -0.15) is 0 Å². The maximum atomic E-state index is 12.2. The molecule has 2 aromatic rings. The number of hydrogen-bond donors (Lipinski definition) is 2. The lowest BCUT2D eigenvalue weighted by Gasteiger charge is -2.09. The fourth-order valence-corrected chi connectivity index (χ4v) is 2.69. The van der Waals surface area contributed by atoms with Crippen LogP contribution in [0.4, 0.5) is 5.82 Å². The van der Waals surface area contributed by atoms with Gasteiger partial charge in [0.2, 0.25) is 0 Å². The number of sulfonamides is 1. The van der Waals surface area contributed by atoms with Crippen LogP contribution in [0.3, 0.4) is 0 Å². The van der Waals surface area contributed by atoms with Gasteiger partial charge < -0.3 is 10.5 Å². The van der Waals surface area contributed by atoms with Crippen LogP contribution in [0.15, 0.2) is 47.4 Å². The van der Waals surface area contributed by atoms with E-state index in [1.807, 2.05) is 0 Å². The number of hydrogen-bond acceptors (Lipinski definition) is 5. The average molecular weight is 307 g/mol. The Morgan fingerprint density at radius 3 is 2.52 bits per heavy atom. The minimum atomic E-state index is -3.66. The summed E-state index contributed by atoms with van der Waals surface area (Å²) in [6, 6.07) is 11.3. The quantitative estimate of drug-likeness (QED) is 0.844. The highest BCUT2D eigenvalue weighted by atomic mass is 32.2. The molecule has 6 nitrogen and oxygen atoms in total. The van der Waals surface area contributed by atoms with Crippen LogP contribution >= 0.6 is 0 Å². The maximum Gasteiger partial charge on any atom is 0.263 e. The number of benzene rings is 1. The van der Waals surface area contributed by atoms with Crippen molar-refractivity contribution in [2.24, 2.45) is 5.73 Å². The van der Waals surface area contributed by atoms with Gasteiger partial charge in [0.25, 0.3) is 10.0 Å². The molecule has 0 saturated heterocycles. The van der Waals surface area contributed by atoms with E-state index in [0.717, 1.165) is 5.69 Å². The molecule has 0 unspecified atom stereocenters. The molecule has 112 valence electrons. The van der Waals surface area contributed by atoms with Crippen LogP contribution in [-0.2, 0) is 10.0 Å². The fraction of sp³-hybridized carbons (Fsp3) is 0.214. The normalized spacial score (nSPS) is 11.1. The highest BCUT2D eigenvalue weighted by molar-refractivity contribution is 7.92. The molecule has 0 aliphatic rings. The number of nitrogens with one attached hydrogen (secondary N) is 1. The molecule has 0 bridgehead atoms. The standard InChI is InChI=1S/C14H17N3O3S/c1-11-3-2-4-14(16-11)17-21(18,19)13-7-5-12(6-8-13)20-10-9-15/h2-8H,9-10,15H2,1H3,(H,16,17). The molecule has 0 fully saturated rings. The molecule has 1 aromatic carbocycles. The average Bonchev–Trinajstić information content (AvgIpc) is 2.45. The van der Waals surface area contributed by atoms with Crippen molar-refractivity contribution in [3.8, 4) is 5.75 Å². The molecule has 0 amide bonds. The lowest BCUT2D eigenvalue weighted by atomic mass is 10.3. The molecule has 0 spiro atoms. The van der Waals surface area contributed by atoms with E-state index in [-0.39, 0.29) is 4.90 Å². The van der Waals surface area contributed by atoms with E-state index in [1.54, 1.807) is 37.3 Å². The topological polar surface area (TPSA) is 94.3 Å². The third-order valence-corrected chi connectivity index (χ3v) is 4.02. The van der Waals surface area contributed by atoms with Crippen molar-refractivity contribution in [2.45, 2.75) is 11.8 Å². The Morgan fingerprint density at radius 1 is 1.19 bits per heavy atom. The monoisotopic (exact) mass is 307 g/mol. The number of rotatable bonds is 6. The van der Waals surface area contributed by atoms with Crippen molar-refractivity contribution in [3.63, 3.8) is 0 Å². The van der Waals surface area contributed by atoms with Crippen LogP contribution in [0, 0.1) is 6.92 Å². The van der Waals surface area contributed by atoms with Crippen molar-refractivity contribution in [1.82, 2.24) is 4.98 Å². The molecule has 0 radical (unpaired) electrons. The summed E-state index contributed by atoms with van der Waals surface area (Å²) in [5.41, 5.74) is 6.07. The molecule has 0 saturated carbocycles. The molecule has 1 heterocycles. The molecule has 2 rings (SSSR count). The van der Waals surface area contributed by atoms with Crippen LogP contribution in [0.2, 0.25) is 0 Å². The van der Waals surface area contributed by atoms with E-state index in [9.17, 15) is 8.42 Å². The first-order chi connectivity index (χ1) is 10.0. The van der Waals surface area contributed by atoms with Crippen LogP contribution < -0.4 is 15.2 Å². The lowest BCUT2D eigenvalue weighted by Crippen LogP contribution is -2.14. The lowest BCUT2D eigenvalue weighted by molar-refractivity contribution is 0.328. The highest BCUT2D eigenvalue weighted by Gasteiger charge is 2.14. The molecule has 0 aliphatic heterocycles.